The van der Waals surface area contributed by atoms with Crippen LogP contribution >= 0.6 is 0 Å². The Morgan fingerprint density at radius 3 is 2.64 bits per heavy atom. The molecule has 3 heteroatoms. The summed E-state index contributed by atoms with van der Waals surface area (Å²) in [4.78, 5) is 2.36. The van der Waals surface area contributed by atoms with Gasteiger partial charge in [-0.2, -0.15) is 0 Å². The molecule has 1 saturated heterocycles. The summed E-state index contributed by atoms with van der Waals surface area (Å²) >= 11 is 0. The maximum absolute atomic E-state index is 5.48. The first-order chi connectivity index (χ1) is 5.34. The van der Waals surface area contributed by atoms with Crippen LogP contribution in [-0.2, 0) is 4.74 Å². The van der Waals surface area contributed by atoms with Crippen LogP contribution in [0.3, 0.4) is 0 Å². The van der Waals surface area contributed by atoms with Gasteiger partial charge in [-0.25, -0.2) is 0 Å². The van der Waals surface area contributed by atoms with E-state index < -0.39 is 0 Å². The largest absolute Gasteiger partial charge is 0.362 e. The van der Waals surface area contributed by atoms with Crippen molar-refractivity contribution in [3.8, 4) is 0 Å². The molecular weight excluding hydrogens is 140 g/mol. The predicted octanol–water partition coefficient (Wildman–Crippen LogP) is 0.403. The number of ether oxygens (including phenoxy) is 1. The number of rotatable bonds is 4. The van der Waals surface area contributed by atoms with Crippen LogP contribution in [0.1, 0.15) is 19.8 Å². The second kappa shape index (κ2) is 4.70. The third-order valence-corrected chi connectivity index (χ3v) is 2.13. The van der Waals surface area contributed by atoms with E-state index in [1.54, 1.807) is 0 Å². The van der Waals surface area contributed by atoms with E-state index in [9.17, 15) is 0 Å². The van der Waals surface area contributed by atoms with E-state index in [4.69, 9.17) is 10.5 Å². The Morgan fingerprint density at radius 1 is 1.45 bits per heavy atom. The minimum Gasteiger partial charge on any atom is -0.362 e. The first kappa shape index (κ1) is 8.97. The molecular formula is C8H18N2O. The van der Waals surface area contributed by atoms with Gasteiger partial charge in [-0.3, -0.25) is 4.90 Å². The molecule has 0 aliphatic carbocycles. The molecule has 0 aromatic carbocycles. The number of nitrogens with two attached hydrogens (primary N) is 1. The van der Waals surface area contributed by atoms with Crippen molar-refractivity contribution in [2.24, 2.45) is 5.73 Å². The fourth-order valence-corrected chi connectivity index (χ4v) is 1.45. The average molecular weight is 158 g/mol. The molecule has 1 rings (SSSR count). The molecule has 1 fully saturated rings. The van der Waals surface area contributed by atoms with Gasteiger partial charge in [0.05, 0.1) is 6.61 Å². The van der Waals surface area contributed by atoms with Gasteiger partial charge in [-0.15, -0.1) is 0 Å². The van der Waals surface area contributed by atoms with Crippen molar-refractivity contribution < 1.29 is 4.74 Å². The van der Waals surface area contributed by atoms with Crippen molar-refractivity contribution in [1.82, 2.24) is 4.90 Å². The van der Waals surface area contributed by atoms with E-state index in [1.165, 1.54) is 25.9 Å². The van der Waals surface area contributed by atoms with Crippen LogP contribution in [0.4, 0.5) is 0 Å². The highest BCUT2D eigenvalue weighted by Gasteiger charge is 2.17. The Balaban J connectivity index is 2.12. The van der Waals surface area contributed by atoms with E-state index in [2.05, 4.69) is 11.8 Å². The zero-order valence-electron chi connectivity index (χ0n) is 7.25. The SMILES string of the molecule is CC(OCCN)N1CCCC1. The second-order valence-electron chi connectivity index (χ2n) is 3.00. The van der Waals surface area contributed by atoms with Crippen LogP contribution in [0, 0.1) is 0 Å². The fourth-order valence-electron chi connectivity index (χ4n) is 1.45. The zero-order valence-corrected chi connectivity index (χ0v) is 7.25. The van der Waals surface area contributed by atoms with Gasteiger partial charge in [0.25, 0.3) is 0 Å². The highest BCUT2D eigenvalue weighted by molar-refractivity contribution is 4.67. The molecule has 1 heterocycles. The van der Waals surface area contributed by atoms with Gasteiger partial charge >= 0.3 is 0 Å². The van der Waals surface area contributed by atoms with Crippen LogP contribution in [-0.4, -0.2) is 37.4 Å². The number of hydrogen-bond acceptors (Lipinski definition) is 3. The first-order valence-corrected chi connectivity index (χ1v) is 4.40. The van der Waals surface area contributed by atoms with Gasteiger partial charge in [0, 0.05) is 19.6 Å². The molecule has 1 atom stereocenters. The lowest BCUT2D eigenvalue weighted by molar-refractivity contribution is -0.0325. The van der Waals surface area contributed by atoms with Crippen molar-refractivity contribution in [2.75, 3.05) is 26.2 Å². The van der Waals surface area contributed by atoms with Gasteiger partial charge in [0.15, 0.2) is 0 Å². The van der Waals surface area contributed by atoms with E-state index in [-0.39, 0.29) is 6.23 Å². The molecule has 3 nitrogen and oxygen atoms in total. The lowest BCUT2D eigenvalue weighted by atomic mass is 10.4. The highest BCUT2D eigenvalue weighted by Crippen LogP contribution is 2.11. The topological polar surface area (TPSA) is 38.5 Å². The molecule has 1 aliphatic heterocycles. The highest BCUT2D eigenvalue weighted by atomic mass is 16.5. The Hall–Kier alpha value is -0.120. The summed E-state index contributed by atoms with van der Waals surface area (Å²) < 4.78 is 5.48. The van der Waals surface area contributed by atoms with Crippen LogP contribution in [0.2, 0.25) is 0 Å². The van der Waals surface area contributed by atoms with Crippen LogP contribution < -0.4 is 5.73 Å². The summed E-state index contributed by atoms with van der Waals surface area (Å²) in [7, 11) is 0. The Labute approximate surface area is 68.5 Å². The first-order valence-electron chi connectivity index (χ1n) is 4.40. The van der Waals surface area contributed by atoms with Gasteiger partial charge in [0.2, 0.25) is 0 Å². The molecule has 66 valence electrons. The Bertz CT molecular complexity index is 102. The molecule has 1 unspecified atom stereocenters. The van der Waals surface area contributed by atoms with Crippen molar-refractivity contribution in [3.63, 3.8) is 0 Å². The summed E-state index contributed by atoms with van der Waals surface area (Å²) in [6.07, 6.45) is 2.90. The molecule has 0 spiro atoms. The molecule has 0 aromatic rings. The molecule has 0 bridgehead atoms. The van der Waals surface area contributed by atoms with Gasteiger partial charge in [-0.05, 0) is 19.8 Å². The smallest absolute Gasteiger partial charge is 0.107 e. The van der Waals surface area contributed by atoms with E-state index in [0.717, 1.165) is 0 Å². The average Bonchev–Trinajstić information content (AvgIpc) is 2.52. The number of hydrogen-bond donors (Lipinski definition) is 1. The third kappa shape index (κ3) is 2.77. The van der Waals surface area contributed by atoms with Crippen LogP contribution in [0.25, 0.3) is 0 Å². The van der Waals surface area contributed by atoms with E-state index in [0.29, 0.717) is 13.2 Å². The van der Waals surface area contributed by atoms with Crippen LogP contribution in [0.15, 0.2) is 0 Å². The fraction of sp³-hybridized carbons (Fsp3) is 1.00. The molecule has 11 heavy (non-hydrogen) atoms. The monoisotopic (exact) mass is 158 g/mol. The molecule has 0 radical (unpaired) electrons. The second-order valence-corrected chi connectivity index (χ2v) is 3.00. The standard InChI is InChI=1S/C8H18N2O/c1-8(11-7-4-9)10-5-2-3-6-10/h8H,2-7,9H2,1H3. The summed E-state index contributed by atoms with van der Waals surface area (Å²) in [5.41, 5.74) is 5.33. The molecule has 0 amide bonds. The van der Waals surface area contributed by atoms with Crippen LogP contribution in [0.5, 0.6) is 0 Å². The molecule has 0 saturated carbocycles. The van der Waals surface area contributed by atoms with E-state index >= 15 is 0 Å². The van der Waals surface area contributed by atoms with Gasteiger partial charge in [-0.1, -0.05) is 0 Å². The van der Waals surface area contributed by atoms with Crippen molar-refractivity contribution in [3.05, 3.63) is 0 Å². The number of nitrogens with zero attached hydrogens (tertiary/aromatic N) is 1. The van der Waals surface area contributed by atoms with Gasteiger partial charge in [0.1, 0.15) is 6.23 Å². The van der Waals surface area contributed by atoms with Crippen molar-refractivity contribution in [1.29, 1.82) is 0 Å². The molecule has 0 aromatic heterocycles. The maximum Gasteiger partial charge on any atom is 0.107 e. The summed E-state index contributed by atoms with van der Waals surface area (Å²) in [5.74, 6) is 0. The number of likely N-dealkylation sites (tertiary alicyclic amines) is 1. The minimum absolute atomic E-state index is 0.265. The van der Waals surface area contributed by atoms with Gasteiger partial charge < -0.3 is 10.5 Å². The normalized spacial score (nSPS) is 22.4. The molecule has 2 N–H and O–H groups in total. The Morgan fingerprint density at radius 2 is 2.09 bits per heavy atom. The summed E-state index contributed by atoms with van der Waals surface area (Å²) in [5, 5.41) is 0. The zero-order chi connectivity index (χ0) is 8.10. The van der Waals surface area contributed by atoms with Crippen molar-refractivity contribution >= 4 is 0 Å². The summed E-state index contributed by atoms with van der Waals surface area (Å²) in [6.45, 7) is 5.77. The lowest BCUT2D eigenvalue weighted by Gasteiger charge is -2.23. The minimum atomic E-state index is 0.265. The predicted molar refractivity (Wildman–Crippen MR) is 45.3 cm³/mol. The third-order valence-electron chi connectivity index (χ3n) is 2.13. The molecule has 1 aliphatic rings. The maximum atomic E-state index is 5.48. The quantitative estimate of drug-likeness (QED) is 0.643. The van der Waals surface area contributed by atoms with E-state index in [1.807, 2.05) is 0 Å². The Kier molecular flexibility index (Phi) is 3.83. The van der Waals surface area contributed by atoms with Crippen molar-refractivity contribution in [2.45, 2.75) is 26.0 Å². The lowest BCUT2D eigenvalue weighted by Crippen LogP contribution is -2.33. The summed E-state index contributed by atoms with van der Waals surface area (Å²) in [6, 6.07) is 0.